The molecule has 116 valence electrons. The Bertz CT molecular complexity index is 664. The molecule has 0 saturated carbocycles. The van der Waals surface area contributed by atoms with Crippen LogP contribution >= 0.6 is 23.4 Å². The van der Waals surface area contributed by atoms with Gasteiger partial charge >= 0.3 is 0 Å². The van der Waals surface area contributed by atoms with Gasteiger partial charge in [-0.1, -0.05) is 17.7 Å². The summed E-state index contributed by atoms with van der Waals surface area (Å²) in [6.45, 7) is 1.72. The largest absolute Gasteiger partial charge is 0.349 e. The van der Waals surface area contributed by atoms with Crippen LogP contribution in [0.4, 0.5) is 8.78 Å². The number of rotatable bonds is 5. The van der Waals surface area contributed by atoms with Gasteiger partial charge in [0.05, 0.1) is 11.8 Å². The standard InChI is InChI=1S/C16H14ClF2NOS/c1-10(11-2-7-14(18)15(19)8-11)20-16(21)9-22-13-5-3-12(17)4-6-13/h2-8,10H,9H2,1H3,(H,20,21). The van der Waals surface area contributed by atoms with Gasteiger partial charge in [-0.15, -0.1) is 11.8 Å². The van der Waals surface area contributed by atoms with Gasteiger partial charge in [0.1, 0.15) is 0 Å². The molecule has 2 aromatic rings. The summed E-state index contributed by atoms with van der Waals surface area (Å²) in [6.07, 6.45) is 0. The van der Waals surface area contributed by atoms with Crippen molar-refractivity contribution in [1.82, 2.24) is 5.32 Å². The lowest BCUT2D eigenvalue weighted by molar-refractivity contribution is -0.119. The molecule has 1 unspecified atom stereocenters. The van der Waals surface area contributed by atoms with E-state index in [-0.39, 0.29) is 11.7 Å². The second-order valence-corrected chi connectivity index (χ2v) is 6.19. The fraction of sp³-hybridized carbons (Fsp3) is 0.188. The van der Waals surface area contributed by atoms with Crippen molar-refractivity contribution in [3.8, 4) is 0 Å². The maximum atomic E-state index is 13.2. The molecule has 22 heavy (non-hydrogen) atoms. The topological polar surface area (TPSA) is 29.1 Å². The lowest BCUT2D eigenvalue weighted by atomic mass is 10.1. The van der Waals surface area contributed by atoms with Crippen molar-refractivity contribution in [3.05, 3.63) is 64.7 Å². The van der Waals surface area contributed by atoms with E-state index in [0.717, 1.165) is 17.0 Å². The predicted octanol–water partition coefficient (Wildman–Crippen LogP) is 4.59. The molecular weight excluding hydrogens is 328 g/mol. The average Bonchev–Trinajstić information content (AvgIpc) is 2.49. The Morgan fingerprint density at radius 3 is 2.50 bits per heavy atom. The smallest absolute Gasteiger partial charge is 0.230 e. The third kappa shape index (κ3) is 4.71. The monoisotopic (exact) mass is 341 g/mol. The summed E-state index contributed by atoms with van der Waals surface area (Å²) in [5.74, 6) is -1.78. The van der Waals surface area contributed by atoms with Crippen molar-refractivity contribution in [3.63, 3.8) is 0 Å². The lowest BCUT2D eigenvalue weighted by Crippen LogP contribution is -2.28. The van der Waals surface area contributed by atoms with Gasteiger partial charge in [-0.25, -0.2) is 8.78 Å². The molecule has 1 amide bonds. The SMILES string of the molecule is CC(NC(=O)CSc1ccc(Cl)cc1)c1ccc(F)c(F)c1. The van der Waals surface area contributed by atoms with E-state index in [0.29, 0.717) is 10.6 Å². The molecule has 0 radical (unpaired) electrons. The Balaban J connectivity index is 1.88. The van der Waals surface area contributed by atoms with Gasteiger partial charge < -0.3 is 5.32 Å². The highest BCUT2D eigenvalue weighted by Gasteiger charge is 2.12. The number of benzene rings is 2. The minimum Gasteiger partial charge on any atom is -0.349 e. The lowest BCUT2D eigenvalue weighted by Gasteiger charge is -2.14. The normalized spacial score (nSPS) is 12.0. The molecule has 1 N–H and O–H groups in total. The molecule has 2 aromatic carbocycles. The highest BCUT2D eigenvalue weighted by molar-refractivity contribution is 8.00. The third-order valence-corrected chi connectivity index (χ3v) is 4.27. The maximum Gasteiger partial charge on any atom is 0.230 e. The van der Waals surface area contributed by atoms with E-state index in [9.17, 15) is 13.6 Å². The van der Waals surface area contributed by atoms with E-state index in [2.05, 4.69) is 5.32 Å². The second kappa shape index (κ2) is 7.61. The number of nitrogens with one attached hydrogen (secondary N) is 1. The molecule has 0 bridgehead atoms. The van der Waals surface area contributed by atoms with Crippen molar-refractivity contribution in [2.45, 2.75) is 17.9 Å². The molecule has 0 saturated heterocycles. The molecule has 0 fully saturated rings. The third-order valence-electron chi connectivity index (χ3n) is 3.00. The zero-order chi connectivity index (χ0) is 16.1. The number of carbonyl (C=O) groups is 1. The summed E-state index contributed by atoms with van der Waals surface area (Å²) in [4.78, 5) is 12.8. The quantitative estimate of drug-likeness (QED) is 0.806. The van der Waals surface area contributed by atoms with E-state index < -0.39 is 17.7 Å². The van der Waals surface area contributed by atoms with E-state index in [1.165, 1.54) is 17.8 Å². The van der Waals surface area contributed by atoms with Crippen LogP contribution < -0.4 is 5.32 Å². The van der Waals surface area contributed by atoms with Gasteiger partial charge in [-0.05, 0) is 48.9 Å². The first-order chi connectivity index (χ1) is 10.5. The Morgan fingerprint density at radius 2 is 1.86 bits per heavy atom. The van der Waals surface area contributed by atoms with Crippen molar-refractivity contribution in [2.24, 2.45) is 0 Å². The number of halogens is 3. The zero-order valence-electron chi connectivity index (χ0n) is 11.8. The Kier molecular flexibility index (Phi) is 5.80. The van der Waals surface area contributed by atoms with Crippen LogP contribution in [0, 0.1) is 11.6 Å². The van der Waals surface area contributed by atoms with Gasteiger partial charge in [0.2, 0.25) is 5.91 Å². The van der Waals surface area contributed by atoms with Gasteiger partial charge in [-0.3, -0.25) is 4.79 Å². The fourth-order valence-electron chi connectivity index (χ4n) is 1.83. The van der Waals surface area contributed by atoms with E-state index >= 15 is 0 Å². The first-order valence-corrected chi connectivity index (χ1v) is 7.95. The maximum absolute atomic E-state index is 13.2. The van der Waals surface area contributed by atoms with E-state index in [1.54, 1.807) is 19.1 Å². The molecule has 2 rings (SSSR count). The van der Waals surface area contributed by atoms with Crippen LogP contribution in [0.2, 0.25) is 5.02 Å². The van der Waals surface area contributed by atoms with Crippen molar-refractivity contribution >= 4 is 29.3 Å². The first kappa shape index (κ1) is 16.8. The summed E-state index contributed by atoms with van der Waals surface area (Å²) in [7, 11) is 0. The molecule has 0 aliphatic rings. The molecular formula is C16H14ClF2NOS. The summed E-state index contributed by atoms with van der Waals surface area (Å²) >= 11 is 7.16. The van der Waals surface area contributed by atoms with Crippen molar-refractivity contribution < 1.29 is 13.6 Å². The Morgan fingerprint density at radius 1 is 1.18 bits per heavy atom. The van der Waals surface area contributed by atoms with Crippen LogP contribution in [0.25, 0.3) is 0 Å². The second-order valence-electron chi connectivity index (χ2n) is 4.71. The summed E-state index contributed by atoms with van der Waals surface area (Å²) in [6, 6.07) is 10.4. The molecule has 2 nitrogen and oxygen atoms in total. The number of amides is 1. The Labute approximate surface area is 136 Å². The van der Waals surface area contributed by atoms with Crippen LogP contribution in [-0.4, -0.2) is 11.7 Å². The highest BCUT2D eigenvalue weighted by atomic mass is 35.5. The number of hydrogen-bond donors (Lipinski definition) is 1. The van der Waals surface area contributed by atoms with Crippen LogP contribution in [0.5, 0.6) is 0 Å². The van der Waals surface area contributed by atoms with E-state index in [1.807, 2.05) is 12.1 Å². The molecule has 0 aromatic heterocycles. The number of hydrogen-bond acceptors (Lipinski definition) is 2. The molecule has 0 spiro atoms. The minimum absolute atomic E-state index is 0.183. The van der Waals surface area contributed by atoms with Crippen LogP contribution in [0.1, 0.15) is 18.5 Å². The number of carbonyl (C=O) groups excluding carboxylic acids is 1. The van der Waals surface area contributed by atoms with Gasteiger partial charge in [-0.2, -0.15) is 0 Å². The van der Waals surface area contributed by atoms with Crippen LogP contribution in [-0.2, 0) is 4.79 Å². The fourth-order valence-corrected chi connectivity index (χ4v) is 2.66. The van der Waals surface area contributed by atoms with E-state index in [4.69, 9.17) is 11.6 Å². The molecule has 0 heterocycles. The molecule has 0 aliphatic carbocycles. The van der Waals surface area contributed by atoms with Crippen molar-refractivity contribution in [1.29, 1.82) is 0 Å². The van der Waals surface area contributed by atoms with Gasteiger partial charge in [0, 0.05) is 9.92 Å². The average molecular weight is 342 g/mol. The first-order valence-electron chi connectivity index (χ1n) is 6.58. The molecule has 6 heteroatoms. The van der Waals surface area contributed by atoms with Gasteiger partial charge in [0.25, 0.3) is 0 Å². The van der Waals surface area contributed by atoms with Crippen LogP contribution in [0.15, 0.2) is 47.4 Å². The summed E-state index contributed by atoms with van der Waals surface area (Å²) in [5.41, 5.74) is 0.517. The van der Waals surface area contributed by atoms with Crippen LogP contribution in [0.3, 0.4) is 0 Å². The number of thioether (sulfide) groups is 1. The predicted molar refractivity (Wildman–Crippen MR) is 85.1 cm³/mol. The van der Waals surface area contributed by atoms with Crippen molar-refractivity contribution in [2.75, 3.05) is 5.75 Å². The Hall–Kier alpha value is -1.59. The van der Waals surface area contributed by atoms with Gasteiger partial charge in [0.15, 0.2) is 11.6 Å². The zero-order valence-corrected chi connectivity index (χ0v) is 13.3. The molecule has 0 aliphatic heterocycles. The summed E-state index contributed by atoms with van der Waals surface area (Å²) in [5, 5.41) is 3.39. The molecule has 1 atom stereocenters. The minimum atomic E-state index is -0.922. The summed E-state index contributed by atoms with van der Waals surface area (Å²) < 4.78 is 26.1. The highest BCUT2D eigenvalue weighted by Crippen LogP contribution is 2.21.